The highest BCUT2D eigenvalue weighted by atomic mass is 35.5. The Kier molecular flexibility index (Phi) is 4.68. The van der Waals surface area contributed by atoms with Crippen LogP contribution in [0.5, 0.6) is 5.88 Å². The van der Waals surface area contributed by atoms with Crippen LogP contribution in [0.25, 0.3) is 11.7 Å². The molecule has 10 nitrogen and oxygen atoms in total. The van der Waals surface area contributed by atoms with Gasteiger partial charge in [-0.25, -0.2) is 9.78 Å². The Bertz CT molecular complexity index is 1590. The molecule has 1 aromatic carbocycles. The highest BCUT2D eigenvalue weighted by Crippen LogP contribution is 2.24. The molecule has 0 unspecified atom stereocenters. The van der Waals surface area contributed by atoms with Gasteiger partial charge in [0.2, 0.25) is 5.88 Å². The number of nitriles is 1. The van der Waals surface area contributed by atoms with E-state index in [-0.39, 0.29) is 17.6 Å². The number of nitrogens with zero attached hydrogens (tertiary/aromatic N) is 6. The van der Waals surface area contributed by atoms with Gasteiger partial charge in [0, 0.05) is 24.0 Å². The Balaban J connectivity index is 1.66. The zero-order valence-corrected chi connectivity index (χ0v) is 17.6. The third kappa shape index (κ3) is 3.59. The molecule has 5 rings (SSSR count). The first-order valence-corrected chi connectivity index (χ1v) is 10.2. The van der Waals surface area contributed by atoms with Gasteiger partial charge in [-0.05, 0) is 37.1 Å². The van der Waals surface area contributed by atoms with Gasteiger partial charge in [0.05, 0.1) is 22.8 Å². The number of imidazole rings is 1. The quantitative estimate of drug-likeness (QED) is 0.431. The summed E-state index contributed by atoms with van der Waals surface area (Å²) in [6, 6.07) is 9.10. The van der Waals surface area contributed by atoms with Crippen molar-refractivity contribution in [1.82, 2.24) is 24.1 Å². The maximum absolute atomic E-state index is 11.8. The molecule has 0 amide bonds. The van der Waals surface area contributed by atoms with E-state index >= 15 is 0 Å². The van der Waals surface area contributed by atoms with Gasteiger partial charge in [-0.1, -0.05) is 11.6 Å². The molecule has 0 bridgehead atoms. The van der Waals surface area contributed by atoms with Gasteiger partial charge in [0.15, 0.2) is 11.1 Å². The fourth-order valence-corrected chi connectivity index (χ4v) is 3.45. The minimum absolute atomic E-state index is 0.182. The molecule has 3 N–H and O–H groups in total. The number of halogens is 1. The van der Waals surface area contributed by atoms with E-state index in [9.17, 15) is 9.90 Å². The number of anilines is 2. The fourth-order valence-electron chi connectivity index (χ4n) is 3.23. The van der Waals surface area contributed by atoms with Crippen LogP contribution in [0.1, 0.15) is 24.1 Å². The normalized spacial score (nSPS) is 14.8. The van der Waals surface area contributed by atoms with Crippen LogP contribution in [0.4, 0.5) is 11.5 Å². The highest BCUT2D eigenvalue weighted by molar-refractivity contribution is 6.32. The van der Waals surface area contributed by atoms with E-state index in [4.69, 9.17) is 21.9 Å². The van der Waals surface area contributed by atoms with E-state index in [1.807, 2.05) is 6.07 Å². The van der Waals surface area contributed by atoms with Crippen molar-refractivity contribution in [3.63, 3.8) is 0 Å². The van der Waals surface area contributed by atoms with Crippen LogP contribution in [-0.2, 0) is 7.05 Å². The lowest BCUT2D eigenvalue weighted by Gasteiger charge is -2.07. The SMILES string of the molecule is Cn1c(O)c(/C=c2/cnn3c(=NC4CC4)cc(Nc4ccc(C#N)c(Cl)c4)nc23)[nH]c1=O. The molecule has 1 saturated carbocycles. The van der Waals surface area contributed by atoms with Crippen molar-refractivity contribution in [1.29, 1.82) is 5.26 Å². The maximum atomic E-state index is 11.8. The van der Waals surface area contributed by atoms with Crippen molar-refractivity contribution in [3.05, 3.63) is 67.9 Å². The number of hydrogen-bond donors (Lipinski definition) is 3. The van der Waals surface area contributed by atoms with Crippen LogP contribution >= 0.6 is 11.6 Å². The van der Waals surface area contributed by atoms with Gasteiger partial charge in [-0.15, -0.1) is 0 Å². The molecule has 1 aliphatic carbocycles. The standard InChI is InChI=1S/C21H17ClN8O2/c1-29-20(31)16(27-21(29)32)6-12-10-24-30-18(26-13-4-5-13)8-17(28-19(12)30)25-14-3-2-11(9-23)15(22)7-14/h2-3,6-8,10,13,25,31H,4-5H2,1H3,(H,27,32)/b12-6-,26-18?. The molecule has 160 valence electrons. The highest BCUT2D eigenvalue weighted by Gasteiger charge is 2.20. The summed E-state index contributed by atoms with van der Waals surface area (Å²) in [7, 11) is 1.47. The second-order valence-corrected chi connectivity index (χ2v) is 7.90. The fraction of sp³-hybridized carbons (Fsp3) is 0.190. The zero-order valence-electron chi connectivity index (χ0n) is 16.9. The monoisotopic (exact) mass is 448 g/mol. The molecular formula is C21H17ClN8O2. The van der Waals surface area contributed by atoms with E-state index in [0.717, 1.165) is 17.4 Å². The molecule has 0 aliphatic heterocycles. The molecule has 4 aromatic rings. The second-order valence-electron chi connectivity index (χ2n) is 7.50. The van der Waals surface area contributed by atoms with Gasteiger partial charge < -0.3 is 15.4 Å². The number of fused-ring (bicyclic) bond motifs is 1. The Morgan fingerprint density at radius 2 is 2.22 bits per heavy atom. The van der Waals surface area contributed by atoms with E-state index in [2.05, 4.69) is 20.4 Å². The molecule has 3 aromatic heterocycles. The van der Waals surface area contributed by atoms with Gasteiger partial charge in [-0.2, -0.15) is 14.9 Å². The van der Waals surface area contributed by atoms with Crippen molar-refractivity contribution in [2.75, 3.05) is 5.32 Å². The number of aromatic amines is 1. The Morgan fingerprint density at radius 3 is 2.88 bits per heavy atom. The minimum Gasteiger partial charge on any atom is -0.493 e. The first-order chi connectivity index (χ1) is 15.4. The van der Waals surface area contributed by atoms with Crippen molar-refractivity contribution in [3.8, 4) is 11.9 Å². The van der Waals surface area contributed by atoms with E-state index in [0.29, 0.717) is 38.4 Å². The molecule has 0 radical (unpaired) electrons. The lowest BCUT2D eigenvalue weighted by atomic mass is 10.2. The van der Waals surface area contributed by atoms with Crippen LogP contribution in [0.3, 0.4) is 0 Å². The van der Waals surface area contributed by atoms with Crippen LogP contribution in [0.15, 0.2) is 40.2 Å². The average Bonchev–Trinajstić information content (AvgIpc) is 3.45. The number of aromatic nitrogens is 5. The zero-order chi connectivity index (χ0) is 22.4. The van der Waals surface area contributed by atoms with Gasteiger partial charge in [0.25, 0.3) is 0 Å². The lowest BCUT2D eigenvalue weighted by Crippen LogP contribution is -2.19. The first-order valence-electron chi connectivity index (χ1n) is 9.82. The summed E-state index contributed by atoms with van der Waals surface area (Å²) >= 11 is 6.15. The molecular weight excluding hydrogens is 432 g/mol. The number of hydrogen-bond acceptors (Lipinski definition) is 7. The number of H-pyrrole nitrogens is 1. The molecule has 3 heterocycles. The molecule has 0 spiro atoms. The number of benzene rings is 1. The topological polar surface area (TPSA) is 136 Å². The molecule has 1 fully saturated rings. The molecule has 11 heteroatoms. The van der Waals surface area contributed by atoms with E-state index in [1.54, 1.807) is 41.1 Å². The van der Waals surface area contributed by atoms with E-state index in [1.165, 1.54) is 7.05 Å². The second kappa shape index (κ2) is 7.55. The smallest absolute Gasteiger partial charge is 0.328 e. The van der Waals surface area contributed by atoms with Gasteiger partial charge >= 0.3 is 5.69 Å². The Labute approximate surface area is 185 Å². The molecule has 0 saturated heterocycles. The third-order valence-corrected chi connectivity index (χ3v) is 5.42. The van der Waals surface area contributed by atoms with Crippen LogP contribution in [0.2, 0.25) is 5.02 Å². The summed E-state index contributed by atoms with van der Waals surface area (Å²) < 4.78 is 2.74. The lowest BCUT2D eigenvalue weighted by molar-refractivity contribution is 0.428. The summed E-state index contributed by atoms with van der Waals surface area (Å²) in [6.07, 6.45) is 5.26. The Hall–Kier alpha value is -4.10. The van der Waals surface area contributed by atoms with Gasteiger partial charge in [-0.3, -0.25) is 9.56 Å². The Morgan fingerprint density at radius 1 is 1.41 bits per heavy atom. The summed E-state index contributed by atoms with van der Waals surface area (Å²) in [4.78, 5) is 23.8. The summed E-state index contributed by atoms with van der Waals surface area (Å²) in [5, 5.41) is 27.8. The minimum atomic E-state index is -0.428. The van der Waals surface area contributed by atoms with Gasteiger partial charge in [0.1, 0.15) is 17.6 Å². The number of aromatic hydroxyl groups is 1. The largest absolute Gasteiger partial charge is 0.493 e. The van der Waals surface area contributed by atoms with E-state index < -0.39 is 5.69 Å². The number of nitrogens with one attached hydrogen (secondary N) is 2. The first kappa shape index (κ1) is 19.8. The van der Waals surface area contributed by atoms with Crippen molar-refractivity contribution in [2.24, 2.45) is 12.0 Å². The predicted octanol–water partition coefficient (Wildman–Crippen LogP) is 1.34. The summed E-state index contributed by atoms with van der Waals surface area (Å²) in [5.74, 6) is 0.331. The number of rotatable bonds is 4. The van der Waals surface area contributed by atoms with Crippen LogP contribution in [-0.4, -0.2) is 35.3 Å². The van der Waals surface area contributed by atoms with Crippen LogP contribution < -0.4 is 21.7 Å². The average molecular weight is 449 g/mol. The molecule has 1 aliphatic rings. The maximum Gasteiger partial charge on any atom is 0.328 e. The van der Waals surface area contributed by atoms with Crippen molar-refractivity contribution in [2.45, 2.75) is 18.9 Å². The van der Waals surface area contributed by atoms with Crippen molar-refractivity contribution >= 4 is 34.8 Å². The predicted molar refractivity (Wildman–Crippen MR) is 118 cm³/mol. The summed E-state index contributed by atoms with van der Waals surface area (Å²) in [5.41, 5.74) is 2.01. The molecule has 32 heavy (non-hydrogen) atoms. The third-order valence-electron chi connectivity index (χ3n) is 5.11. The van der Waals surface area contributed by atoms with Crippen LogP contribution in [0, 0.1) is 11.3 Å². The van der Waals surface area contributed by atoms with Crippen molar-refractivity contribution < 1.29 is 5.11 Å². The molecule has 0 atom stereocenters. The summed E-state index contributed by atoms with van der Waals surface area (Å²) in [6.45, 7) is 0.